The number of unbranched alkanes of at least 4 members (excludes halogenated alkanes) is 1. The van der Waals surface area contributed by atoms with Crippen LogP contribution in [0.25, 0.3) is 33.4 Å². The van der Waals surface area contributed by atoms with Gasteiger partial charge in [-0.2, -0.15) is 10.2 Å². The first kappa shape index (κ1) is 62.7. The zero-order chi connectivity index (χ0) is 59.5. The second-order valence-electron chi connectivity index (χ2n) is 18.3. The van der Waals surface area contributed by atoms with E-state index >= 15 is 0 Å². The van der Waals surface area contributed by atoms with E-state index in [1.165, 1.54) is 54.6 Å². The van der Waals surface area contributed by atoms with E-state index in [0.717, 1.165) is 5.69 Å². The van der Waals surface area contributed by atoms with Gasteiger partial charge < -0.3 is 66.3 Å². The molecule has 0 bridgehead atoms. The molecule has 5 amide bonds. The van der Waals surface area contributed by atoms with E-state index in [9.17, 15) is 68.6 Å². The van der Waals surface area contributed by atoms with Crippen LogP contribution in [0, 0.1) is 12.3 Å². The number of fused-ring (bicyclic) bond motifs is 2. The Morgan fingerprint density at radius 3 is 2.15 bits per heavy atom. The number of rotatable bonds is 29. The Bertz CT molecular complexity index is 3410. The summed E-state index contributed by atoms with van der Waals surface area (Å²) in [6, 6.07) is 24.8. The van der Waals surface area contributed by atoms with Gasteiger partial charge in [0.05, 0.1) is 36.8 Å². The SMILES string of the molecule is C#CCNC(=O)C(CCCCNC(=O)C(O)C(O)C(=O)NCNC(O)c1ccc(C(=O)O)c(-c2c3ccc(=O)cc-3oc3cc(O)ccc23)c1)NC(=O)CCSP(=O)(O)OCCNC(=O)c1ccc(N=Nc2ccc(N(C)C)cc2)cc1. The van der Waals surface area contributed by atoms with Crippen molar-refractivity contribution < 1.29 is 72.7 Å². The molecule has 5 unspecified atom stereocenters. The van der Waals surface area contributed by atoms with Crippen LogP contribution < -0.4 is 42.2 Å². The summed E-state index contributed by atoms with van der Waals surface area (Å²) in [6.45, 7) is -5.45. The summed E-state index contributed by atoms with van der Waals surface area (Å²) in [6.07, 6.45) is -0.629. The minimum Gasteiger partial charge on any atom is -0.508 e. The lowest BCUT2D eigenvalue weighted by molar-refractivity contribution is -0.146. The molecule has 0 spiro atoms. The molecule has 1 heterocycles. The number of carbonyl (C=O) groups is 6. The summed E-state index contributed by atoms with van der Waals surface area (Å²) >= 11 is 0.478. The van der Waals surface area contributed by atoms with Crippen LogP contribution in [0.5, 0.6) is 5.75 Å². The van der Waals surface area contributed by atoms with Gasteiger partial charge in [-0.3, -0.25) is 38.6 Å². The number of amides is 5. The van der Waals surface area contributed by atoms with Crippen LogP contribution in [-0.4, -0.2) is 137 Å². The Hall–Kier alpha value is -8.51. The normalized spacial score (nSPS) is 13.5. The summed E-state index contributed by atoms with van der Waals surface area (Å²) < 4.78 is 23.6. The third-order valence-corrected chi connectivity index (χ3v) is 15.2. The molecule has 4 aromatic rings. The first-order chi connectivity index (χ1) is 39.1. The lowest BCUT2D eigenvalue weighted by Crippen LogP contribution is -2.51. The fourth-order valence-electron chi connectivity index (χ4n) is 7.94. The van der Waals surface area contributed by atoms with Gasteiger partial charge in [-0.1, -0.05) is 12.0 Å². The van der Waals surface area contributed by atoms with Gasteiger partial charge in [0.1, 0.15) is 29.4 Å². The Kier molecular flexibility index (Phi) is 22.8. The number of nitrogens with zero attached hydrogens (tertiary/aromatic N) is 3. The molecule has 432 valence electrons. The van der Waals surface area contributed by atoms with Gasteiger partial charge >= 0.3 is 12.8 Å². The number of hydrogen-bond donors (Lipinski definition) is 12. The molecule has 0 saturated carbocycles. The first-order valence-corrected chi connectivity index (χ1v) is 28.4. The van der Waals surface area contributed by atoms with Crippen LogP contribution in [0.15, 0.2) is 123 Å². The maximum atomic E-state index is 12.9. The summed E-state index contributed by atoms with van der Waals surface area (Å²) in [5, 5.41) is 75.8. The Morgan fingerprint density at radius 1 is 0.793 bits per heavy atom. The minimum absolute atomic E-state index is 0.0443. The van der Waals surface area contributed by atoms with Gasteiger partial charge in [0, 0.05) is 79.3 Å². The molecule has 0 saturated heterocycles. The number of nitrogens with one attached hydrogen (secondary N) is 6. The number of aliphatic hydroxyl groups excluding tert-OH is 3. The molecule has 12 N–H and O–H groups in total. The second-order valence-corrected chi connectivity index (χ2v) is 22.3. The third kappa shape index (κ3) is 18.0. The maximum absolute atomic E-state index is 12.9. The molecular weight excluding hydrogens is 1110 g/mol. The van der Waals surface area contributed by atoms with E-state index in [4.69, 9.17) is 15.4 Å². The number of phenols is 1. The van der Waals surface area contributed by atoms with Gasteiger partial charge in [0.2, 0.25) is 11.8 Å². The zero-order valence-corrected chi connectivity index (χ0v) is 45.9. The second kappa shape index (κ2) is 29.8. The lowest BCUT2D eigenvalue weighted by atomic mass is 9.89. The van der Waals surface area contributed by atoms with Gasteiger partial charge in [0.15, 0.2) is 17.6 Å². The van der Waals surface area contributed by atoms with Gasteiger partial charge in [0.25, 0.3) is 17.7 Å². The number of carboxylic acid groups (broad SMARTS) is 1. The molecule has 5 atom stereocenters. The van der Waals surface area contributed by atoms with Crippen LogP contribution in [0.2, 0.25) is 0 Å². The Labute approximate surface area is 473 Å². The van der Waals surface area contributed by atoms with E-state index in [2.05, 4.69) is 48.0 Å². The Balaban J connectivity index is 0.890. The zero-order valence-electron chi connectivity index (χ0n) is 44.2. The van der Waals surface area contributed by atoms with Crippen molar-refractivity contribution in [2.75, 3.05) is 57.7 Å². The molecule has 25 nitrogen and oxygen atoms in total. The van der Waals surface area contributed by atoms with E-state index in [1.807, 2.05) is 43.3 Å². The summed E-state index contributed by atoms with van der Waals surface area (Å²) in [5.41, 5.74) is 2.98. The molecule has 4 aromatic carbocycles. The maximum Gasteiger partial charge on any atom is 0.386 e. The van der Waals surface area contributed by atoms with Gasteiger partial charge in [-0.15, -0.1) is 6.42 Å². The molecule has 1 aliphatic carbocycles. The highest BCUT2D eigenvalue weighted by Gasteiger charge is 2.31. The molecule has 0 radical (unpaired) electrons. The fourth-order valence-corrected chi connectivity index (χ4v) is 10.3. The molecule has 1 aliphatic heterocycles. The first-order valence-electron chi connectivity index (χ1n) is 25.2. The summed E-state index contributed by atoms with van der Waals surface area (Å²) in [4.78, 5) is 101. The summed E-state index contributed by atoms with van der Waals surface area (Å²) in [5.74, 6) is -3.34. The van der Waals surface area contributed by atoms with E-state index < -0.39 is 73.4 Å². The highest BCUT2D eigenvalue weighted by Crippen LogP contribution is 2.55. The number of carbonyl (C=O) groups excluding carboxylic acids is 5. The van der Waals surface area contributed by atoms with Crippen molar-refractivity contribution in [3.8, 4) is 40.5 Å². The van der Waals surface area contributed by atoms with E-state index in [1.54, 1.807) is 24.3 Å². The molecule has 0 fully saturated rings. The number of aliphatic hydroxyl groups is 3. The number of benzene rings is 5. The summed E-state index contributed by atoms with van der Waals surface area (Å²) in [7, 11) is 3.86. The number of terminal acetylenes is 1. The van der Waals surface area contributed by atoms with Crippen molar-refractivity contribution >= 4 is 81.7 Å². The van der Waals surface area contributed by atoms with Crippen molar-refractivity contribution in [3.63, 3.8) is 0 Å². The fraction of sp³-hybridized carbons (Fsp3) is 0.291. The standard InChI is InChI=1S/C55H60N9O16PS/c1-4-23-56-52(72)43(61-46(67)22-27-82-81(77,78)79-26-25-58-50(70)32-8-11-34(12-9-32)62-63-35-13-15-36(16-14-35)64(2)3)7-5-6-24-57-53(73)48(68)49(69)54(74)60-31-59-51(71)33-10-19-39(55(75)76)42(28-33)47-40-20-17-37(65)29-44(40)80-45-30-38(66)18-21-41(45)47/h1,8-21,28-30,43,48-49,51,59,65,68-69,71H,5-7,22-27,31H2,2-3H3,(H,56,72)(H,57,73)(H,58,70)(H,60,74)(H,61,67)(H,75,76)(H,77,78). The average Bonchev–Trinajstić information content (AvgIpc) is 2.18. The van der Waals surface area contributed by atoms with Crippen LogP contribution in [0.4, 0.5) is 17.1 Å². The largest absolute Gasteiger partial charge is 0.508 e. The monoisotopic (exact) mass is 1170 g/mol. The predicted molar refractivity (Wildman–Crippen MR) is 303 cm³/mol. The number of aromatic hydroxyl groups is 1. The number of azo groups is 1. The highest BCUT2D eigenvalue weighted by molar-refractivity contribution is 8.54. The van der Waals surface area contributed by atoms with Crippen LogP contribution in [-0.2, 0) is 28.3 Å². The van der Waals surface area contributed by atoms with Gasteiger partial charge in [-0.05, 0) is 127 Å². The number of aromatic carboxylic acids is 1. The van der Waals surface area contributed by atoms with Gasteiger partial charge in [-0.25, -0.2) is 9.36 Å². The molecule has 82 heavy (non-hydrogen) atoms. The number of hydrogen-bond acceptors (Lipinski definition) is 19. The van der Waals surface area contributed by atoms with Crippen molar-refractivity contribution in [2.45, 2.75) is 50.2 Å². The highest BCUT2D eigenvalue weighted by atomic mass is 32.7. The van der Waals surface area contributed by atoms with E-state index in [-0.39, 0.29) is 96.9 Å². The molecular formula is C55H60N9O16PS. The molecule has 0 aromatic heterocycles. The van der Waals surface area contributed by atoms with Crippen LogP contribution in [0.3, 0.4) is 0 Å². The van der Waals surface area contributed by atoms with Crippen LogP contribution >= 0.6 is 18.2 Å². The van der Waals surface area contributed by atoms with E-state index in [0.29, 0.717) is 44.8 Å². The quantitative estimate of drug-likeness (QED) is 0.00788. The van der Waals surface area contributed by atoms with Crippen molar-refractivity contribution in [3.05, 3.63) is 130 Å². The molecule has 27 heteroatoms. The number of anilines is 1. The lowest BCUT2D eigenvalue weighted by Gasteiger charge is -2.20. The van der Waals surface area contributed by atoms with Crippen molar-refractivity contribution in [1.29, 1.82) is 0 Å². The number of carboxylic acids is 1. The van der Waals surface area contributed by atoms with Crippen molar-refractivity contribution in [2.24, 2.45) is 10.2 Å². The average molecular weight is 1170 g/mol. The number of phenolic OH excluding ortho intramolecular Hbond substituents is 1. The van der Waals surface area contributed by atoms with Crippen LogP contribution in [0.1, 0.15) is 58.2 Å². The molecule has 2 aliphatic rings. The van der Waals surface area contributed by atoms with Crippen molar-refractivity contribution in [1.82, 2.24) is 31.9 Å². The molecule has 6 rings (SSSR count). The minimum atomic E-state index is -4.27. The predicted octanol–water partition coefficient (Wildman–Crippen LogP) is 4.02. The Morgan fingerprint density at radius 2 is 1.48 bits per heavy atom. The topological polar surface area (TPSA) is 380 Å². The smallest absolute Gasteiger partial charge is 0.386 e. The third-order valence-electron chi connectivity index (χ3n) is 12.2.